The fourth-order valence-corrected chi connectivity index (χ4v) is 0.966. The second-order valence-corrected chi connectivity index (χ2v) is 3.38. The maximum atomic E-state index is 11.2. The molecule has 0 rings (SSSR count). The van der Waals surface area contributed by atoms with E-state index in [1.165, 1.54) is 0 Å². The minimum Gasteiger partial charge on any atom is -0.344 e. The molecule has 0 aliphatic heterocycles. The lowest BCUT2D eigenvalue weighted by Gasteiger charge is -2.12. The zero-order valence-corrected chi connectivity index (χ0v) is 8.55. The van der Waals surface area contributed by atoms with Crippen LogP contribution in [0.4, 0.5) is 0 Å². The molecule has 0 saturated heterocycles. The third-order valence-electron chi connectivity index (χ3n) is 1.59. The first-order valence-electron chi connectivity index (χ1n) is 4.50. The van der Waals surface area contributed by atoms with E-state index in [9.17, 15) is 4.79 Å². The normalized spacial score (nSPS) is 11.8. The van der Waals surface area contributed by atoms with Crippen LogP contribution in [0.3, 0.4) is 0 Å². The van der Waals surface area contributed by atoms with Crippen molar-refractivity contribution in [3.63, 3.8) is 0 Å². The Labute approximate surface area is 80.1 Å². The highest BCUT2D eigenvalue weighted by Crippen LogP contribution is 2.01. The molecule has 3 N–H and O–H groups in total. The van der Waals surface area contributed by atoms with E-state index in [2.05, 4.69) is 17.2 Å². The van der Waals surface area contributed by atoms with Gasteiger partial charge in [-0.3, -0.25) is 4.79 Å². The Hall–Kier alpha value is -1.01. The molecule has 0 fully saturated rings. The van der Waals surface area contributed by atoms with Crippen molar-refractivity contribution in [1.82, 2.24) is 5.32 Å². The third-order valence-corrected chi connectivity index (χ3v) is 1.59. The van der Waals surface area contributed by atoms with Gasteiger partial charge >= 0.3 is 0 Å². The second-order valence-electron chi connectivity index (χ2n) is 3.38. The van der Waals surface area contributed by atoms with Crippen molar-refractivity contribution in [2.75, 3.05) is 6.54 Å². The molecule has 0 bridgehead atoms. The van der Waals surface area contributed by atoms with E-state index in [-0.39, 0.29) is 5.91 Å². The Morgan fingerprint density at radius 2 is 2.15 bits per heavy atom. The van der Waals surface area contributed by atoms with Crippen molar-refractivity contribution in [3.05, 3.63) is 0 Å². The van der Waals surface area contributed by atoms with Crippen LogP contribution in [0.5, 0.6) is 0 Å². The fraction of sp³-hybridized carbons (Fsp3) is 0.700. The van der Waals surface area contributed by atoms with Crippen LogP contribution in [0.1, 0.15) is 27.2 Å². The highest BCUT2D eigenvalue weighted by molar-refractivity contribution is 5.81. The lowest BCUT2D eigenvalue weighted by Crippen LogP contribution is -2.41. The summed E-state index contributed by atoms with van der Waals surface area (Å²) >= 11 is 0. The Morgan fingerprint density at radius 3 is 2.62 bits per heavy atom. The van der Waals surface area contributed by atoms with Gasteiger partial charge in [0.05, 0.1) is 12.6 Å². The Bertz CT molecular complexity index is 213. The maximum absolute atomic E-state index is 11.2. The number of hydrogen-bond donors (Lipinski definition) is 2. The smallest absolute Gasteiger partial charge is 0.237 e. The van der Waals surface area contributed by atoms with Crippen LogP contribution in [0.25, 0.3) is 0 Å². The molecule has 0 radical (unpaired) electrons. The third kappa shape index (κ3) is 6.18. The fourth-order valence-electron chi connectivity index (χ4n) is 0.966. The van der Waals surface area contributed by atoms with Gasteiger partial charge in [0.15, 0.2) is 0 Å². The first-order chi connectivity index (χ1) is 6.07. The molecule has 0 aromatic heterocycles. The van der Waals surface area contributed by atoms with E-state index < -0.39 is 6.04 Å². The number of hydrogen-bond acceptors (Lipinski definition) is 2. The van der Waals surface area contributed by atoms with Crippen LogP contribution >= 0.6 is 0 Å². The average Bonchev–Trinajstić information content (AvgIpc) is 2.03. The molecule has 0 spiro atoms. The quantitative estimate of drug-likeness (QED) is 0.622. The molecule has 1 atom stereocenters. The Morgan fingerprint density at radius 1 is 1.54 bits per heavy atom. The predicted octanol–water partition coefficient (Wildman–Crippen LogP) is 0.499. The number of nitrogens with two attached hydrogens (primary N) is 1. The van der Waals surface area contributed by atoms with Crippen LogP contribution in [-0.2, 0) is 4.79 Å². The van der Waals surface area contributed by atoms with Gasteiger partial charge < -0.3 is 11.1 Å². The Balaban J connectivity index is 3.73. The molecular formula is C10H18N2O. The summed E-state index contributed by atoms with van der Waals surface area (Å²) in [6, 6.07) is -0.404. The summed E-state index contributed by atoms with van der Waals surface area (Å²) in [6.07, 6.45) is 0.714. The monoisotopic (exact) mass is 182 g/mol. The van der Waals surface area contributed by atoms with Crippen molar-refractivity contribution in [2.24, 2.45) is 11.7 Å². The highest BCUT2D eigenvalue weighted by atomic mass is 16.2. The molecule has 3 heteroatoms. The second kappa shape index (κ2) is 6.50. The van der Waals surface area contributed by atoms with E-state index in [4.69, 9.17) is 5.73 Å². The summed E-state index contributed by atoms with van der Waals surface area (Å²) in [7, 11) is 0. The van der Waals surface area contributed by atoms with Gasteiger partial charge in [-0.2, -0.15) is 0 Å². The minimum atomic E-state index is -0.404. The molecule has 0 heterocycles. The molecule has 13 heavy (non-hydrogen) atoms. The lowest BCUT2D eigenvalue weighted by atomic mass is 10.0. The van der Waals surface area contributed by atoms with Crippen molar-refractivity contribution in [2.45, 2.75) is 33.2 Å². The predicted molar refractivity (Wildman–Crippen MR) is 53.9 cm³/mol. The topological polar surface area (TPSA) is 55.1 Å². The van der Waals surface area contributed by atoms with Gasteiger partial charge in [-0.15, -0.1) is 5.92 Å². The van der Waals surface area contributed by atoms with Crippen LogP contribution in [0.2, 0.25) is 0 Å². The van der Waals surface area contributed by atoms with Crippen molar-refractivity contribution in [1.29, 1.82) is 0 Å². The minimum absolute atomic E-state index is 0.114. The molecular weight excluding hydrogens is 164 g/mol. The van der Waals surface area contributed by atoms with E-state index in [1.54, 1.807) is 6.92 Å². The SMILES string of the molecule is CC#CCNC(=O)[C@@H](N)CC(C)C. The van der Waals surface area contributed by atoms with Gasteiger partial charge in [0.25, 0.3) is 0 Å². The molecule has 0 aliphatic carbocycles. The first-order valence-corrected chi connectivity index (χ1v) is 4.50. The summed E-state index contributed by atoms with van der Waals surface area (Å²) in [6.45, 7) is 6.21. The van der Waals surface area contributed by atoms with Gasteiger partial charge in [-0.05, 0) is 19.3 Å². The van der Waals surface area contributed by atoms with Crippen molar-refractivity contribution in [3.8, 4) is 11.8 Å². The largest absolute Gasteiger partial charge is 0.344 e. The molecule has 1 amide bonds. The van der Waals surface area contributed by atoms with Gasteiger partial charge in [-0.25, -0.2) is 0 Å². The average molecular weight is 182 g/mol. The van der Waals surface area contributed by atoms with Crippen molar-refractivity contribution >= 4 is 5.91 Å². The zero-order chi connectivity index (χ0) is 10.3. The molecule has 0 aromatic rings. The number of nitrogens with one attached hydrogen (secondary N) is 1. The zero-order valence-electron chi connectivity index (χ0n) is 8.55. The summed E-state index contributed by atoms with van der Waals surface area (Å²) in [5.41, 5.74) is 5.64. The van der Waals surface area contributed by atoms with Crippen molar-refractivity contribution < 1.29 is 4.79 Å². The van der Waals surface area contributed by atoms with Crippen LogP contribution in [0.15, 0.2) is 0 Å². The van der Waals surface area contributed by atoms with Gasteiger partial charge in [0.2, 0.25) is 5.91 Å². The van der Waals surface area contributed by atoms with Crippen LogP contribution < -0.4 is 11.1 Å². The van der Waals surface area contributed by atoms with Crippen LogP contribution in [-0.4, -0.2) is 18.5 Å². The lowest BCUT2D eigenvalue weighted by molar-refractivity contribution is -0.122. The van der Waals surface area contributed by atoms with E-state index in [1.807, 2.05) is 13.8 Å². The number of carbonyl (C=O) groups is 1. The van der Waals surface area contributed by atoms with E-state index >= 15 is 0 Å². The van der Waals surface area contributed by atoms with E-state index in [0.717, 1.165) is 0 Å². The highest BCUT2D eigenvalue weighted by Gasteiger charge is 2.13. The van der Waals surface area contributed by atoms with Gasteiger partial charge in [0, 0.05) is 0 Å². The van der Waals surface area contributed by atoms with Gasteiger partial charge in [-0.1, -0.05) is 19.8 Å². The maximum Gasteiger partial charge on any atom is 0.237 e. The van der Waals surface area contributed by atoms with E-state index in [0.29, 0.717) is 18.9 Å². The van der Waals surface area contributed by atoms with Crippen LogP contribution in [0, 0.1) is 17.8 Å². The summed E-state index contributed by atoms with van der Waals surface area (Å²) in [4.78, 5) is 11.2. The molecule has 3 nitrogen and oxygen atoms in total. The summed E-state index contributed by atoms with van der Waals surface area (Å²) < 4.78 is 0. The molecule has 0 saturated carbocycles. The Kier molecular flexibility index (Phi) is 5.99. The standard InChI is InChI=1S/C10H18N2O/c1-4-5-6-12-10(13)9(11)7-8(2)3/h8-9H,6-7,11H2,1-3H3,(H,12,13)/t9-/m0/s1. The van der Waals surface area contributed by atoms with Gasteiger partial charge in [0.1, 0.15) is 0 Å². The first kappa shape index (κ1) is 12.0. The number of carbonyl (C=O) groups excluding carboxylic acids is 1. The summed E-state index contributed by atoms with van der Waals surface area (Å²) in [5.74, 6) is 5.78. The number of amides is 1. The summed E-state index contributed by atoms with van der Waals surface area (Å²) in [5, 5.41) is 2.65. The number of rotatable bonds is 4. The molecule has 0 aromatic carbocycles. The molecule has 0 aliphatic rings. The molecule has 74 valence electrons. The molecule has 0 unspecified atom stereocenters.